The minimum absolute atomic E-state index is 0.0733. The molecule has 22 heavy (non-hydrogen) atoms. The number of rotatable bonds is 5. The molecule has 2 fully saturated rings. The Morgan fingerprint density at radius 1 is 0.818 bits per heavy atom. The third kappa shape index (κ3) is 7.18. The minimum Gasteiger partial charge on any atom is -0.378 e. The van der Waals surface area contributed by atoms with Crippen LogP contribution in [0.2, 0.25) is 0 Å². The zero-order valence-corrected chi connectivity index (χ0v) is 15.2. The second-order valence-corrected chi connectivity index (χ2v) is 10.0. The standard InChI is InChI=1S/C17H31ClO3S/c18-22(19,20)14-16-11-7-4-8-12-17(16)21-13-15-9-5-2-1-3-6-10-15/h15-17H,1-14H2. The van der Waals surface area contributed by atoms with Gasteiger partial charge in [0.1, 0.15) is 0 Å². The molecule has 2 aliphatic rings. The van der Waals surface area contributed by atoms with E-state index in [4.69, 9.17) is 15.4 Å². The highest BCUT2D eigenvalue weighted by molar-refractivity contribution is 8.13. The number of hydrogen-bond donors (Lipinski definition) is 0. The average molecular weight is 351 g/mol. The molecule has 0 N–H and O–H groups in total. The van der Waals surface area contributed by atoms with Gasteiger partial charge in [-0.25, -0.2) is 8.42 Å². The zero-order valence-electron chi connectivity index (χ0n) is 13.6. The molecule has 130 valence electrons. The summed E-state index contributed by atoms with van der Waals surface area (Å²) in [5.41, 5.74) is 0. The molecule has 0 heterocycles. The van der Waals surface area contributed by atoms with Crippen molar-refractivity contribution in [2.45, 2.75) is 83.2 Å². The Balaban J connectivity index is 1.85. The van der Waals surface area contributed by atoms with E-state index in [9.17, 15) is 8.42 Å². The van der Waals surface area contributed by atoms with Crippen molar-refractivity contribution in [3.05, 3.63) is 0 Å². The molecule has 2 saturated carbocycles. The first-order valence-corrected chi connectivity index (χ1v) is 11.6. The Labute approximate surface area is 140 Å². The lowest BCUT2D eigenvalue weighted by Gasteiger charge is -2.27. The van der Waals surface area contributed by atoms with Gasteiger partial charge in [-0.2, -0.15) is 0 Å². The van der Waals surface area contributed by atoms with Crippen molar-refractivity contribution in [3.63, 3.8) is 0 Å². The van der Waals surface area contributed by atoms with Gasteiger partial charge in [-0.15, -0.1) is 0 Å². The summed E-state index contributed by atoms with van der Waals surface area (Å²) >= 11 is 0. The van der Waals surface area contributed by atoms with Crippen LogP contribution in [0.1, 0.15) is 77.0 Å². The van der Waals surface area contributed by atoms with E-state index in [1.807, 2.05) is 0 Å². The van der Waals surface area contributed by atoms with Gasteiger partial charge in [-0.05, 0) is 31.6 Å². The first-order valence-electron chi connectivity index (χ1n) is 9.08. The fourth-order valence-electron chi connectivity index (χ4n) is 3.98. The van der Waals surface area contributed by atoms with Crippen molar-refractivity contribution in [1.29, 1.82) is 0 Å². The largest absolute Gasteiger partial charge is 0.378 e. The van der Waals surface area contributed by atoms with E-state index in [0.717, 1.165) is 32.3 Å². The van der Waals surface area contributed by atoms with Crippen LogP contribution in [0, 0.1) is 11.8 Å². The summed E-state index contributed by atoms with van der Waals surface area (Å²) in [4.78, 5) is 0. The van der Waals surface area contributed by atoms with Crippen molar-refractivity contribution < 1.29 is 13.2 Å². The predicted molar refractivity (Wildman–Crippen MR) is 91.8 cm³/mol. The van der Waals surface area contributed by atoms with Crippen molar-refractivity contribution in [1.82, 2.24) is 0 Å². The van der Waals surface area contributed by atoms with Gasteiger partial charge < -0.3 is 4.74 Å². The van der Waals surface area contributed by atoms with Crippen LogP contribution in [0.5, 0.6) is 0 Å². The van der Waals surface area contributed by atoms with E-state index in [2.05, 4.69) is 0 Å². The Morgan fingerprint density at radius 3 is 2.05 bits per heavy atom. The van der Waals surface area contributed by atoms with Crippen molar-refractivity contribution in [2.75, 3.05) is 12.4 Å². The van der Waals surface area contributed by atoms with Crippen LogP contribution < -0.4 is 0 Å². The molecule has 2 atom stereocenters. The van der Waals surface area contributed by atoms with E-state index in [1.54, 1.807) is 0 Å². The van der Waals surface area contributed by atoms with E-state index in [0.29, 0.717) is 5.92 Å². The molecule has 0 radical (unpaired) electrons. The van der Waals surface area contributed by atoms with E-state index in [-0.39, 0.29) is 17.8 Å². The molecule has 0 aliphatic heterocycles. The quantitative estimate of drug-likeness (QED) is 0.524. The number of ether oxygens (including phenoxy) is 1. The van der Waals surface area contributed by atoms with Gasteiger partial charge in [-0.3, -0.25) is 0 Å². The second-order valence-electron chi connectivity index (χ2n) is 7.19. The van der Waals surface area contributed by atoms with Crippen LogP contribution in [-0.4, -0.2) is 26.9 Å². The van der Waals surface area contributed by atoms with Gasteiger partial charge in [-0.1, -0.05) is 51.4 Å². The lowest BCUT2D eigenvalue weighted by atomic mass is 9.91. The summed E-state index contributed by atoms with van der Waals surface area (Å²) in [5.74, 6) is 0.819. The van der Waals surface area contributed by atoms with Gasteiger partial charge >= 0.3 is 0 Å². The van der Waals surface area contributed by atoms with Crippen LogP contribution >= 0.6 is 10.7 Å². The van der Waals surface area contributed by atoms with Gasteiger partial charge in [0.25, 0.3) is 0 Å². The third-order valence-electron chi connectivity index (χ3n) is 5.27. The molecule has 0 spiro atoms. The fraction of sp³-hybridized carbons (Fsp3) is 1.00. The van der Waals surface area contributed by atoms with Gasteiger partial charge in [0, 0.05) is 23.2 Å². The first kappa shape index (κ1) is 18.5. The van der Waals surface area contributed by atoms with Crippen molar-refractivity contribution >= 4 is 19.7 Å². The summed E-state index contributed by atoms with van der Waals surface area (Å²) < 4.78 is 29.1. The third-order valence-corrected chi connectivity index (χ3v) is 6.48. The van der Waals surface area contributed by atoms with Crippen LogP contribution in [0.15, 0.2) is 0 Å². The topological polar surface area (TPSA) is 43.4 Å². The molecule has 0 aromatic rings. The molecule has 0 aromatic heterocycles. The van der Waals surface area contributed by atoms with Crippen LogP contribution in [-0.2, 0) is 13.8 Å². The number of hydrogen-bond acceptors (Lipinski definition) is 3. The highest BCUT2D eigenvalue weighted by Gasteiger charge is 2.29. The molecule has 5 heteroatoms. The van der Waals surface area contributed by atoms with E-state index < -0.39 is 9.05 Å². The Hall–Kier alpha value is 0.200. The minimum atomic E-state index is -3.43. The Morgan fingerprint density at radius 2 is 1.36 bits per heavy atom. The fourth-order valence-corrected chi connectivity index (χ4v) is 5.36. The molecule has 2 rings (SSSR count). The molecule has 2 aliphatic carbocycles. The molecule has 2 unspecified atom stereocenters. The molecule has 0 aromatic carbocycles. The molecule has 0 amide bonds. The van der Waals surface area contributed by atoms with Crippen LogP contribution in [0.25, 0.3) is 0 Å². The Kier molecular flexibility index (Phi) is 7.99. The Bertz CT molecular complexity index is 402. The van der Waals surface area contributed by atoms with Crippen LogP contribution in [0.4, 0.5) is 0 Å². The van der Waals surface area contributed by atoms with E-state index >= 15 is 0 Å². The number of halogens is 1. The molecule has 3 nitrogen and oxygen atoms in total. The average Bonchev–Trinajstić information content (AvgIpc) is 2.61. The SMILES string of the molecule is O=S(=O)(Cl)CC1CCCCCC1OCC1CCCCCCC1. The highest BCUT2D eigenvalue weighted by Crippen LogP contribution is 2.30. The summed E-state index contributed by atoms with van der Waals surface area (Å²) in [6.07, 6.45) is 14.7. The summed E-state index contributed by atoms with van der Waals surface area (Å²) in [6.45, 7) is 0.809. The predicted octanol–water partition coefficient (Wildman–Crippen LogP) is 4.88. The van der Waals surface area contributed by atoms with Crippen molar-refractivity contribution in [3.8, 4) is 0 Å². The smallest absolute Gasteiger partial charge is 0.232 e. The highest BCUT2D eigenvalue weighted by atomic mass is 35.7. The van der Waals surface area contributed by atoms with Gasteiger partial charge in [0.15, 0.2) is 0 Å². The lowest BCUT2D eigenvalue weighted by molar-refractivity contribution is -0.00921. The van der Waals surface area contributed by atoms with E-state index in [1.165, 1.54) is 51.4 Å². The summed E-state index contributed by atoms with van der Waals surface area (Å²) in [7, 11) is 2.06. The van der Waals surface area contributed by atoms with Crippen molar-refractivity contribution in [2.24, 2.45) is 11.8 Å². The maximum atomic E-state index is 11.5. The molecular formula is C17H31ClO3S. The van der Waals surface area contributed by atoms with Gasteiger partial charge in [0.2, 0.25) is 9.05 Å². The monoisotopic (exact) mass is 350 g/mol. The second kappa shape index (κ2) is 9.48. The van der Waals surface area contributed by atoms with Crippen LogP contribution in [0.3, 0.4) is 0 Å². The first-order chi connectivity index (χ1) is 10.5. The summed E-state index contributed by atoms with van der Waals surface area (Å²) in [6, 6.07) is 0. The molecular weight excluding hydrogens is 320 g/mol. The maximum absolute atomic E-state index is 11.5. The molecule has 0 saturated heterocycles. The normalized spacial score (nSPS) is 29.5. The zero-order chi connectivity index (χ0) is 15.8. The summed E-state index contributed by atoms with van der Waals surface area (Å²) in [5, 5.41) is 0. The maximum Gasteiger partial charge on any atom is 0.232 e. The lowest BCUT2D eigenvalue weighted by Crippen LogP contribution is -2.30. The molecule has 0 bridgehead atoms. The van der Waals surface area contributed by atoms with Gasteiger partial charge in [0.05, 0.1) is 11.9 Å².